The maximum absolute atomic E-state index is 13.1. The molecule has 1 aliphatic heterocycles. The van der Waals surface area contributed by atoms with E-state index in [-0.39, 0.29) is 29.3 Å². The Labute approximate surface area is 200 Å². The highest BCUT2D eigenvalue weighted by molar-refractivity contribution is 6.32. The van der Waals surface area contributed by atoms with Gasteiger partial charge in [0.05, 0.1) is 23.4 Å². The SMILES string of the molecule is NC1=NN(c2ccc(C(=O)O)cc2)C(=O)/C1=C\c1cn(CC(=O)c2ccccc2)c2ccccc12. The second-order valence-corrected chi connectivity index (χ2v) is 8.03. The van der Waals surface area contributed by atoms with Crippen molar-refractivity contribution >= 4 is 46.2 Å². The molecule has 0 aliphatic carbocycles. The molecule has 0 saturated carbocycles. The summed E-state index contributed by atoms with van der Waals surface area (Å²) in [5, 5.41) is 15.3. The molecule has 0 radical (unpaired) electrons. The third kappa shape index (κ3) is 4.08. The topological polar surface area (TPSA) is 118 Å². The van der Waals surface area contributed by atoms with Gasteiger partial charge in [0.15, 0.2) is 11.6 Å². The molecule has 35 heavy (non-hydrogen) atoms. The van der Waals surface area contributed by atoms with Gasteiger partial charge in [-0.25, -0.2) is 4.79 Å². The molecule has 1 aromatic heterocycles. The average Bonchev–Trinajstić information content (AvgIpc) is 3.36. The van der Waals surface area contributed by atoms with Gasteiger partial charge in [0, 0.05) is 28.2 Å². The fourth-order valence-corrected chi connectivity index (χ4v) is 4.03. The van der Waals surface area contributed by atoms with Gasteiger partial charge in [-0.3, -0.25) is 9.59 Å². The summed E-state index contributed by atoms with van der Waals surface area (Å²) in [4.78, 5) is 37.0. The Morgan fingerprint density at radius 2 is 1.60 bits per heavy atom. The third-order valence-corrected chi connectivity index (χ3v) is 5.79. The van der Waals surface area contributed by atoms with Crippen molar-refractivity contribution in [3.05, 3.63) is 107 Å². The van der Waals surface area contributed by atoms with E-state index in [4.69, 9.17) is 10.8 Å². The standard InChI is InChI=1S/C27H20N4O4/c28-25-22(26(33)31(29-25)20-12-10-18(11-13-20)27(34)35)14-19-15-30(23-9-5-4-8-21(19)23)16-24(32)17-6-2-1-3-7-17/h1-15H,16H2,(H2,28,29)(H,34,35)/b22-14-. The zero-order valence-corrected chi connectivity index (χ0v) is 18.5. The number of carboxylic acid groups (broad SMARTS) is 1. The summed E-state index contributed by atoms with van der Waals surface area (Å²) in [6.45, 7) is 0.146. The first kappa shape index (κ1) is 21.8. The van der Waals surface area contributed by atoms with Gasteiger partial charge in [-0.2, -0.15) is 5.01 Å². The molecule has 0 saturated heterocycles. The Morgan fingerprint density at radius 1 is 0.914 bits per heavy atom. The Balaban J connectivity index is 1.48. The van der Waals surface area contributed by atoms with Crippen LogP contribution in [0.3, 0.4) is 0 Å². The van der Waals surface area contributed by atoms with Crippen LogP contribution in [0.15, 0.2) is 95.7 Å². The van der Waals surface area contributed by atoms with Crippen molar-refractivity contribution in [2.24, 2.45) is 10.8 Å². The highest BCUT2D eigenvalue weighted by Gasteiger charge is 2.30. The van der Waals surface area contributed by atoms with Crippen molar-refractivity contribution in [2.45, 2.75) is 6.54 Å². The summed E-state index contributed by atoms with van der Waals surface area (Å²) >= 11 is 0. The number of ketones is 1. The molecule has 8 nitrogen and oxygen atoms in total. The van der Waals surface area contributed by atoms with Crippen LogP contribution in [0, 0.1) is 0 Å². The number of carbonyl (C=O) groups excluding carboxylic acids is 2. The number of fused-ring (bicyclic) bond motifs is 1. The number of amides is 1. The van der Waals surface area contributed by atoms with E-state index < -0.39 is 11.9 Å². The smallest absolute Gasteiger partial charge is 0.335 e. The lowest BCUT2D eigenvalue weighted by molar-refractivity contribution is -0.114. The molecule has 3 N–H and O–H groups in total. The predicted molar refractivity (Wildman–Crippen MR) is 133 cm³/mol. The summed E-state index contributed by atoms with van der Waals surface area (Å²) in [6, 6.07) is 22.5. The minimum absolute atomic E-state index is 0.0282. The highest BCUT2D eigenvalue weighted by atomic mass is 16.4. The summed E-state index contributed by atoms with van der Waals surface area (Å²) in [6.07, 6.45) is 3.49. The second kappa shape index (κ2) is 8.75. The Kier molecular flexibility index (Phi) is 5.46. The van der Waals surface area contributed by atoms with Crippen molar-refractivity contribution in [1.29, 1.82) is 0 Å². The number of aromatic nitrogens is 1. The van der Waals surface area contributed by atoms with E-state index in [1.165, 1.54) is 24.3 Å². The van der Waals surface area contributed by atoms with Gasteiger partial charge in [0.1, 0.15) is 0 Å². The van der Waals surface area contributed by atoms with Crippen LogP contribution in [-0.4, -0.2) is 33.2 Å². The number of benzene rings is 3. The maximum Gasteiger partial charge on any atom is 0.335 e. The number of nitrogens with two attached hydrogens (primary N) is 1. The number of Topliss-reactive ketones (excluding diaryl/α,β-unsaturated/α-hetero) is 1. The quantitative estimate of drug-likeness (QED) is 0.331. The van der Waals surface area contributed by atoms with Crippen LogP contribution in [0.5, 0.6) is 0 Å². The van der Waals surface area contributed by atoms with Gasteiger partial charge in [0.25, 0.3) is 5.91 Å². The molecule has 0 spiro atoms. The lowest BCUT2D eigenvalue weighted by Gasteiger charge is -2.11. The second-order valence-electron chi connectivity index (χ2n) is 8.03. The molecule has 0 atom stereocenters. The van der Waals surface area contributed by atoms with Gasteiger partial charge < -0.3 is 15.4 Å². The lowest BCUT2D eigenvalue weighted by Crippen LogP contribution is -2.22. The Morgan fingerprint density at radius 3 is 2.31 bits per heavy atom. The molecular formula is C27H20N4O4. The van der Waals surface area contributed by atoms with Gasteiger partial charge in [-0.15, -0.1) is 5.10 Å². The molecule has 1 amide bonds. The molecule has 8 heteroatoms. The lowest BCUT2D eigenvalue weighted by atomic mass is 10.1. The number of aromatic carboxylic acids is 1. The molecule has 0 bridgehead atoms. The molecule has 172 valence electrons. The minimum atomic E-state index is -1.06. The number of para-hydroxylation sites is 1. The van der Waals surface area contributed by atoms with Crippen molar-refractivity contribution < 1.29 is 19.5 Å². The number of anilines is 1. The number of hydrogen-bond donors (Lipinski definition) is 2. The van der Waals surface area contributed by atoms with Crippen LogP contribution < -0.4 is 10.7 Å². The summed E-state index contributed by atoms with van der Waals surface area (Å²) < 4.78 is 1.85. The largest absolute Gasteiger partial charge is 0.478 e. The normalized spacial score (nSPS) is 14.5. The third-order valence-electron chi connectivity index (χ3n) is 5.79. The van der Waals surface area contributed by atoms with Crippen LogP contribution in [0.25, 0.3) is 17.0 Å². The number of carbonyl (C=O) groups is 3. The van der Waals surface area contributed by atoms with E-state index in [0.29, 0.717) is 11.3 Å². The number of hydrogen-bond acceptors (Lipinski definition) is 5. The summed E-state index contributed by atoms with van der Waals surface area (Å²) in [5.74, 6) is -1.47. The van der Waals surface area contributed by atoms with E-state index in [1.54, 1.807) is 18.2 Å². The van der Waals surface area contributed by atoms with E-state index in [0.717, 1.165) is 21.5 Å². The summed E-state index contributed by atoms with van der Waals surface area (Å²) in [7, 11) is 0. The highest BCUT2D eigenvalue weighted by Crippen LogP contribution is 2.28. The zero-order chi connectivity index (χ0) is 24.5. The Hall–Kier alpha value is -4.98. The molecular weight excluding hydrogens is 444 g/mol. The molecule has 0 unspecified atom stereocenters. The molecule has 0 fully saturated rings. The van der Waals surface area contributed by atoms with E-state index in [2.05, 4.69) is 5.10 Å². The fraction of sp³-hybridized carbons (Fsp3) is 0.0370. The number of hydrazone groups is 1. The molecule has 2 heterocycles. The number of carboxylic acids is 1. The maximum atomic E-state index is 13.1. The van der Waals surface area contributed by atoms with Gasteiger partial charge in [-0.05, 0) is 36.4 Å². The molecule has 3 aromatic carbocycles. The minimum Gasteiger partial charge on any atom is -0.478 e. The summed E-state index contributed by atoms with van der Waals surface area (Å²) in [5.41, 5.74) is 9.02. The van der Waals surface area contributed by atoms with E-state index >= 15 is 0 Å². The van der Waals surface area contributed by atoms with Crippen LogP contribution in [0.1, 0.15) is 26.3 Å². The van der Waals surface area contributed by atoms with Crippen LogP contribution in [0.2, 0.25) is 0 Å². The molecule has 1 aliphatic rings. The van der Waals surface area contributed by atoms with Crippen molar-refractivity contribution in [1.82, 2.24) is 4.57 Å². The van der Waals surface area contributed by atoms with E-state index in [9.17, 15) is 14.4 Å². The van der Waals surface area contributed by atoms with Gasteiger partial charge in [-0.1, -0.05) is 48.5 Å². The van der Waals surface area contributed by atoms with Crippen LogP contribution in [-0.2, 0) is 11.3 Å². The zero-order valence-electron chi connectivity index (χ0n) is 18.5. The first-order valence-corrected chi connectivity index (χ1v) is 10.8. The fourth-order valence-electron chi connectivity index (χ4n) is 4.03. The molecule has 5 rings (SSSR count). The van der Waals surface area contributed by atoms with Gasteiger partial charge in [0.2, 0.25) is 0 Å². The predicted octanol–water partition coefficient (Wildman–Crippen LogP) is 3.92. The first-order valence-electron chi connectivity index (χ1n) is 10.8. The number of nitrogens with zero attached hydrogens (tertiary/aromatic N) is 3. The van der Waals surface area contributed by atoms with E-state index in [1.807, 2.05) is 53.2 Å². The first-order chi connectivity index (χ1) is 16.9. The molecule has 4 aromatic rings. The average molecular weight is 464 g/mol. The number of amidine groups is 1. The van der Waals surface area contributed by atoms with Gasteiger partial charge >= 0.3 is 5.97 Å². The van der Waals surface area contributed by atoms with Crippen molar-refractivity contribution in [2.75, 3.05) is 5.01 Å². The van der Waals surface area contributed by atoms with Crippen LogP contribution in [0.4, 0.5) is 5.69 Å². The monoisotopic (exact) mass is 464 g/mol. The van der Waals surface area contributed by atoms with Crippen LogP contribution >= 0.6 is 0 Å². The Bertz CT molecular complexity index is 1530. The number of rotatable bonds is 6. The van der Waals surface area contributed by atoms with Crippen molar-refractivity contribution in [3.8, 4) is 0 Å². The van der Waals surface area contributed by atoms with Crippen molar-refractivity contribution in [3.63, 3.8) is 0 Å².